The van der Waals surface area contributed by atoms with E-state index in [4.69, 9.17) is 27.9 Å². The van der Waals surface area contributed by atoms with E-state index in [1.807, 2.05) is 0 Å². The van der Waals surface area contributed by atoms with Crippen LogP contribution in [0, 0.1) is 10.1 Å². The normalized spacial score (nSPS) is 16.4. The first kappa shape index (κ1) is 21.9. The smallest absolute Gasteiger partial charge is 0.344 e. The summed E-state index contributed by atoms with van der Waals surface area (Å²) >= 11 is 13.0. The van der Waals surface area contributed by atoms with Crippen molar-refractivity contribution >= 4 is 63.4 Å². The summed E-state index contributed by atoms with van der Waals surface area (Å²) in [5.74, 6) is -0.995. The first-order valence-electron chi connectivity index (χ1n) is 8.59. The Morgan fingerprint density at radius 3 is 2.53 bits per heavy atom. The Balaban J connectivity index is 2.02. The summed E-state index contributed by atoms with van der Waals surface area (Å²) in [5, 5.41) is 22.4. The minimum absolute atomic E-state index is 0.0773. The fourth-order valence-electron chi connectivity index (χ4n) is 2.51. The van der Waals surface area contributed by atoms with E-state index >= 15 is 0 Å². The van der Waals surface area contributed by atoms with E-state index in [1.165, 1.54) is 24.3 Å². The Kier molecular flexibility index (Phi) is 6.81. The van der Waals surface area contributed by atoms with Crippen molar-refractivity contribution in [3.05, 3.63) is 84.4 Å². The van der Waals surface area contributed by atoms with Gasteiger partial charge < -0.3 is 9.84 Å². The van der Waals surface area contributed by atoms with Gasteiger partial charge in [0, 0.05) is 12.1 Å². The number of carbonyl (C=O) groups excluding carboxylic acids is 1. The van der Waals surface area contributed by atoms with Crippen LogP contribution < -0.4 is 0 Å². The lowest BCUT2D eigenvalue weighted by Gasteiger charge is -2.03. The minimum Gasteiger partial charge on any atom is -0.506 e. The fourth-order valence-corrected chi connectivity index (χ4v) is 3.85. The molecule has 0 fully saturated rings. The number of nitro groups is 1. The fraction of sp³-hybridized carbons (Fsp3) is 0.100. The van der Waals surface area contributed by atoms with Gasteiger partial charge in [0.2, 0.25) is 0 Å². The molecule has 0 aromatic heterocycles. The third-order valence-electron chi connectivity index (χ3n) is 3.90. The van der Waals surface area contributed by atoms with Crippen LogP contribution in [0.15, 0.2) is 63.7 Å². The highest BCUT2D eigenvalue weighted by molar-refractivity contribution is 8.18. The van der Waals surface area contributed by atoms with Gasteiger partial charge in [-0.15, -0.1) is 0 Å². The van der Waals surface area contributed by atoms with Crippen molar-refractivity contribution < 1.29 is 19.6 Å². The molecule has 2 aromatic rings. The zero-order valence-corrected chi connectivity index (χ0v) is 17.8. The Morgan fingerprint density at radius 1 is 1.23 bits per heavy atom. The maximum Gasteiger partial charge on any atom is 0.344 e. The largest absolute Gasteiger partial charge is 0.506 e. The number of halogens is 2. The zero-order valence-electron chi connectivity index (χ0n) is 15.5. The molecule has 1 aliphatic heterocycles. The van der Waals surface area contributed by atoms with Crippen LogP contribution in [-0.4, -0.2) is 27.6 Å². The summed E-state index contributed by atoms with van der Waals surface area (Å²) < 4.78 is 5.04. The van der Waals surface area contributed by atoms with Gasteiger partial charge in [-0.25, -0.2) is 9.79 Å². The van der Waals surface area contributed by atoms with E-state index < -0.39 is 10.9 Å². The van der Waals surface area contributed by atoms with Gasteiger partial charge in [-0.2, -0.15) is 0 Å². The molecule has 0 amide bonds. The molecule has 0 radical (unpaired) electrons. The van der Waals surface area contributed by atoms with Crippen molar-refractivity contribution in [3.8, 4) is 0 Å². The second-order valence-corrected chi connectivity index (χ2v) is 7.76. The molecule has 0 saturated carbocycles. The lowest BCUT2D eigenvalue weighted by Crippen LogP contribution is -2.12. The summed E-state index contributed by atoms with van der Waals surface area (Å²) in [6.07, 6.45) is 1.64. The number of hydrogen-bond donors (Lipinski definition) is 1. The molecular weight excluding hydrogens is 451 g/mol. The van der Waals surface area contributed by atoms with Gasteiger partial charge in [-0.05, 0) is 42.8 Å². The molecule has 3 rings (SSSR count). The molecule has 0 bridgehead atoms. The predicted octanol–water partition coefficient (Wildman–Crippen LogP) is 6.09. The third kappa shape index (κ3) is 4.84. The van der Waals surface area contributed by atoms with E-state index in [0.717, 1.165) is 11.8 Å². The maximum absolute atomic E-state index is 12.4. The SMILES string of the molecule is CCOC(=O)C1=C(O)/C(=C/c2ccc(Cl)c(Cl)c2)SC1=Nc1ccc([N+](=O)[O-])cc1. The van der Waals surface area contributed by atoms with E-state index in [-0.39, 0.29) is 28.7 Å². The lowest BCUT2D eigenvalue weighted by atomic mass is 10.1. The van der Waals surface area contributed by atoms with Crippen molar-refractivity contribution in [1.29, 1.82) is 0 Å². The Labute approximate surface area is 185 Å². The van der Waals surface area contributed by atoms with Gasteiger partial charge in [0.25, 0.3) is 5.69 Å². The number of aliphatic hydroxyl groups is 1. The molecule has 0 aliphatic carbocycles. The molecule has 1 aliphatic rings. The number of thioether (sulfide) groups is 1. The monoisotopic (exact) mass is 464 g/mol. The molecule has 0 unspecified atom stereocenters. The summed E-state index contributed by atoms with van der Waals surface area (Å²) in [7, 11) is 0. The van der Waals surface area contributed by atoms with Gasteiger partial charge in [-0.1, -0.05) is 41.0 Å². The molecule has 30 heavy (non-hydrogen) atoms. The number of aliphatic imine (C=N–C) groups is 1. The van der Waals surface area contributed by atoms with Crippen molar-refractivity contribution in [1.82, 2.24) is 0 Å². The molecule has 2 aromatic carbocycles. The van der Waals surface area contributed by atoms with Crippen LogP contribution in [-0.2, 0) is 9.53 Å². The number of aliphatic hydroxyl groups excluding tert-OH is 1. The van der Waals surface area contributed by atoms with Crippen molar-refractivity contribution in [2.75, 3.05) is 6.61 Å². The summed E-state index contributed by atoms with van der Waals surface area (Å²) in [6.45, 7) is 1.77. The predicted molar refractivity (Wildman–Crippen MR) is 119 cm³/mol. The number of hydrogen-bond acceptors (Lipinski definition) is 7. The number of rotatable bonds is 5. The van der Waals surface area contributed by atoms with Crippen LogP contribution in [0.3, 0.4) is 0 Å². The van der Waals surface area contributed by atoms with E-state index in [2.05, 4.69) is 4.99 Å². The Hall–Kier alpha value is -2.81. The molecule has 0 atom stereocenters. The second-order valence-electron chi connectivity index (χ2n) is 5.92. The standard InChI is InChI=1S/C20H14Cl2N2O5S/c1-2-29-20(26)17-18(25)16(10-11-3-8-14(21)15(22)9-11)30-19(17)23-12-4-6-13(7-5-12)24(27)28/h3-10,25H,2H2,1H3/b16-10-,23-19?. The van der Waals surface area contributed by atoms with Gasteiger partial charge in [0.05, 0.1) is 32.2 Å². The van der Waals surface area contributed by atoms with Crippen molar-refractivity contribution in [2.24, 2.45) is 4.99 Å². The number of ether oxygens (including phenoxy) is 1. The highest BCUT2D eigenvalue weighted by Crippen LogP contribution is 2.40. The quantitative estimate of drug-likeness (QED) is 0.326. The van der Waals surface area contributed by atoms with Crippen LogP contribution in [0.4, 0.5) is 11.4 Å². The Morgan fingerprint density at radius 2 is 1.93 bits per heavy atom. The molecule has 0 saturated heterocycles. The van der Waals surface area contributed by atoms with Gasteiger partial charge >= 0.3 is 5.97 Å². The summed E-state index contributed by atoms with van der Waals surface area (Å²) in [6, 6.07) is 10.5. The number of benzene rings is 2. The highest BCUT2D eigenvalue weighted by Gasteiger charge is 2.33. The molecular formula is C20H14Cl2N2O5S. The van der Waals surface area contributed by atoms with Crippen LogP contribution in [0.5, 0.6) is 0 Å². The van der Waals surface area contributed by atoms with Crippen molar-refractivity contribution in [2.45, 2.75) is 6.92 Å². The first-order chi connectivity index (χ1) is 14.3. The van der Waals surface area contributed by atoms with E-state index in [0.29, 0.717) is 26.2 Å². The first-order valence-corrected chi connectivity index (χ1v) is 10.2. The number of non-ortho nitro benzene ring substituents is 1. The molecule has 7 nitrogen and oxygen atoms in total. The highest BCUT2D eigenvalue weighted by atomic mass is 35.5. The maximum atomic E-state index is 12.4. The van der Waals surface area contributed by atoms with Gasteiger partial charge in [-0.3, -0.25) is 10.1 Å². The van der Waals surface area contributed by atoms with Crippen molar-refractivity contribution in [3.63, 3.8) is 0 Å². The average Bonchev–Trinajstić information content (AvgIpc) is 3.00. The Bertz CT molecular complexity index is 1110. The van der Waals surface area contributed by atoms with Crippen LogP contribution in [0.25, 0.3) is 6.08 Å². The van der Waals surface area contributed by atoms with Crippen LogP contribution >= 0.6 is 35.0 Å². The summed E-state index contributed by atoms with van der Waals surface area (Å²) in [5.41, 5.74) is 0.889. The van der Waals surface area contributed by atoms with Crippen LogP contribution in [0.2, 0.25) is 10.0 Å². The number of nitro benzene ring substituents is 1. The van der Waals surface area contributed by atoms with Gasteiger partial charge in [0.15, 0.2) is 0 Å². The topological polar surface area (TPSA) is 102 Å². The lowest BCUT2D eigenvalue weighted by molar-refractivity contribution is -0.384. The minimum atomic E-state index is -0.722. The molecule has 1 heterocycles. The number of nitrogens with zero attached hydrogens (tertiary/aromatic N) is 2. The van der Waals surface area contributed by atoms with Crippen LogP contribution in [0.1, 0.15) is 12.5 Å². The third-order valence-corrected chi connectivity index (χ3v) is 5.66. The second kappa shape index (κ2) is 9.34. The molecule has 1 N–H and O–H groups in total. The molecule has 0 spiro atoms. The average molecular weight is 465 g/mol. The number of carbonyl (C=O) groups is 1. The zero-order chi connectivity index (χ0) is 21.8. The summed E-state index contributed by atoms with van der Waals surface area (Å²) in [4.78, 5) is 27.4. The number of esters is 1. The molecule has 154 valence electrons. The van der Waals surface area contributed by atoms with Gasteiger partial charge in [0.1, 0.15) is 16.4 Å². The molecule has 10 heteroatoms. The van der Waals surface area contributed by atoms with E-state index in [1.54, 1.807) is 31.2 Å². The van der Waals surface area contributed by atoms with E-state index in [9.17, 15) is 20.0 Å².